The van der Waals surface area contributed by atoms with Gasteiger partial charge in [-0.25, -0.2) is 0 Å². The van der Waals surface area contributed by atoms with Gasteiger partial charge in [0.2, 0.25) is 0 Å². The third kappa shape index (κ3) is 3.88. The Morgan fingerprint density at radius 3 is 2.47 bits per heavy atom. The number of benzene rings is 1. The molecular weight excluding hydrogens is 268 g/mol. The fourth-order valence-electron chi connectivity index (χ4n) is 0.975. The highest BCUT2D eigenvalue weighted by atomic mass is 33.1. The smallest absolute Gasteiger partial charge is 0.290 e. The van der Waals surface area contributed by atoms with E-state index in [1.165, 1.54) is 22.9 Å². The number of nitro benzene ring substituents is 2. The molecule has 0 radical (unpaired) electrons. The van der Waals surface area contributed by atoms with Crippen LogP contribution in [0, 0.1) is 20.2 Å². The first-order valence-electron chi connectivity index (χ1n) is 4.39. The SMILES string of the molecule is O=[N+]([O-])c1ccc(SSCCO)c([N+](=O)[O-])c1. The van der Waals surface area contributed by atoms with Crippen molar-refractivity contribution < 1.29 is 15.0 Å². The minimum absolute atomic E-state index is 0.0293. The summed E-state index contributed by atoms with van der Waals surface area (Å²) in [6, 6.07) is 3.49. The molecule has 1 aromatic carbocycles. The molecule has 0 atom stereocenters. The van der Waals surface area contributed by atoms with Gasteiger partial charge in [0.05, 0.1) is 27.4 Å². The van der Waals surface area contributed by atoms with Crippen LogP contribution in [0.5, 0.6) is 0 Å². The van der Waals surface area contributed by atoms with Crippen LogP contribution in [0.25, 0.3) is 0 Å². The molecule has 0 aliphatic heterocycles. The Kier molecular flexibility index (Phi) is 5.19. The van der Waals surface area contributed by atoms with Crippen LogP contribution in [0.2, 0.25) is 0 Å². The molecule has 0 spiro atoms. The van der Waals surface area contributed by atoms with Crippen molar-refractivity contribution in [2.75, 3.05) is 12.4 Å². The summed E-state index contributed by atoms with van der Waals surface area (Å²) in [5.41, 5.74) is -0.608. The molecule has 92 valence electrons. The lowest BCUT2D eigenvalue weighted by atomic mass is 10.3. The van der Waals surface area contributed by atoms with Gasteiger partial charge >= 0.3 is 0 Å². The summed E-state index contributed by atoms with van der Waals surface area (Å²) in [6.45, 7) is -0.0293. The fraction of sp³-hybridized carbons (Fsp3) is 0.250. The van der Waals surface area contributed by atoms with Gasteiger partial charge in [-0.1, -0.05) is 21.6 Å². The number of hydrogen-bond acceptors (Lipinski definition) is 7. The normalized spacial score (nSPS) is 10.2. The van der Waals surface area contributed by atoms with E-state index in [4.69, 9.17) is 5.11 Å². The third-order valence-electron chi connectivity index (χ3n) is 1.67. The number of hydrogen-bond donors (Lipinski definition) is 1. The standard InChI is InChI=1S/C8H8N2O5S2/c11-3-4-16-17-8-2-1-6(9(12)13)5-7(8)10(14)15/h1-2,5,11H,3-4H2. The molecule has 1 aromatic rings. The van der Waals surface area contributed by atoms with E-state index < -0.39 is 9.85 Å². The maximum Gasteiger partial charge on any atom is 0.290 e. The summed E-state index contributed by atoms with van der Waals surface area (Å²) in [4.78, 5) is 20.2. The quantitative estimate of drug-likeness (QED) is 0.367. The molecule has 1 N–H and O–H groups in total. The third-order valence-corrected chi connectivity index (χ3v) is 4.06. The highest BCUT2D eigenvalue weighted by Gasteiger charge is 2.19. The van der Waals surface area contributed by atoms with Crippen LogP contribution < -0.4 is 0 Å². The minimum atomic E-state index is -0.678. The number of rotatable bonds is 6. The first kappa shape index (κ1) is 13.7. The Morgan fingerprint density at radius 1 is 1.24 bits per heavy atom. The lowest BCUT2D eigenvalue weighted by Crippen LogP contribution is -1.94. The van der Waals surface area contributed by atoms with Gasteiger partial charge in [-0.2, -0.15) is 0 Å². The summed E-state index contributed by atoms with van der Waals surface area (Å²) in [7, 11) is 2.36. The zero-order valence-corrected chi connectivity index (χ0v) is 10.1. The van der Waals surface area contributed by atoms with Gasteiger partial charge in [0.15, 0.2) is 0 Å². The zero-order chi connectivity index (χ0) is 12.8. The lowest BCUT2D eigenvalue weighted by molar-refractivity contribution is -0.396. The van der Waals surface area contributed by atoms with Crippen molar-refractivity contribution in [3.8, 4) is 0 Å². The highest BCUT2D eigenvalue weighted by Crippen LogP contribution is 2.38. The Morgan fingerprint density at radius 2 is 1.94 bits per heavy atom. The molecule has 1 rings (SSSR count). The van der Waals surface area contributed by atoms with Crippen LogP contribution in [-0.4, -0.2) is 27.3 Å². The summed E-state index contributed by atoms with van der Waals surface area (Å²) >= 11 is 0. The molecule has 0 aliphatic rings. The molecule has 9 heteroatoms. The van der Waals surface area contributed by atoms with E-state index >= 15 is 0 Å². The molecule has 0 bridgehead atoms. The van der Waals surface area contributed by atoms with E-state index in [2.05, 4.69) is 0 Å². The molecule has 17 heavy (non-hydrogen) atoms. The first-order chi connectivity index (χ1) is 8.06. The summed E-state index contributed by atoms with van der Waals surface area (Å²) in [5, 5.41) is 29.8. The number of nitro groups is 2. The lowest BCUT2D eigenvalue weighted by Gasteiger charge is -2.01. The van der Waals surface area contributed by atoms with E-state index in [0.717, 1.165) is 16.9 Å². The number of aliphatic hydroxyl groups is 1. The van der Waals surface area contributed by atoms with Crippen molar-refractivity contribution in [1.82, 2.24) is 0 Å². The zero-order valence-electron chi connectivity index (χ0n) is 8.44. The highest BCUT2D eigenvalue weighted by molar-refractivity contribution is 8.76. The Bertz CT molecular complexity index is 440. The molecule has 0 saturated heterocycles. The van der Waals surface area contributed by atoms with Crippen LogP contribution in [0.1, 0.15) is 0 Å². The van der Waals surface area contributed by atoms with Crippen molar-refractivity contribution in [3.63, 3.8) is 0 Å². The van der Waals surface area contributed by atoms with Crippen LogP contribution in [0.3, 0.4) is 0 Å². The van der Waals surface area contributed by atoms with Crippen molar-refractivity contribution >= 4 is 33.0 Å². The van der Waals surface area contributed by atoms with Gasteiger partial charge in [0, 0.05) is 11.8 Å². The molecule has 0 aliphatic carbocycles. The van der Waals surface area contributed by atoms with E-state index in [-0.39, 0.29) is 18.0 Å². The number of nitrogens with zero attached hydrogens (tertiary/aromatic N) is 2. The summed E-state index contributed by atoms with van der Waals surface area (Å²) in [6.07, 6.45) is 0. The van der Waals surface area contributed by atoms with Gasteiger partial charge in [0.1, 0.15) is 0 Å². The van der Waals surface area contributed by atoms with Gasteiger partial charge in [-0.3, -0.25) is 20.2 Å². The molecule has 0 amide bonds. The molecule has 0 unspecified atom stereocenters. The van der Waals surface area contributed by atoms with E-state index in [9.17, 15) is 20.2 Å². The van der Waals surface area contributed by atoms with Crippen molar-refractivity contribution in [1.29, 1.82) is 0 Å². The van der Waals surface area contributed by atoms with E-state index in [1.807, 2.05) is 0 Å². The van der Waals surface area contributed by atoms with E-state index in [0.29, 0.717) is 10.6 Å². The molecular formula is C8H8N2O5S2. The van der Waals surface area contributed by atoms with E-state index in [1.54, 1.807) is 0 Å². The Hall–Kier alpha value is -1.32. The van der Waals surface area contributed by atoms with Crippen molar-refractivity contribution in [2.24, 2.45) is 0 Å². The van der Waals surface area contributed by atoms with Crippen LogP contribution >= 0.6 is 21.6 Å². The topological polar surface area (TPSA) is 107 Å². The maximum absolute atomic E-state index is 10.7. The summed E-state index contributed by atoms with van der Waals surface area (Å²) < 4.78 is 0. The van der Waals surface area contributed by atoms with Gasteiger partial charge in [-0.15, -0.1) is 0 Å². The predicted octanol–water partition coefficient (Wildman–Crippen LogP) is 2.24. The molecule has 7 nitrogen and oxygen atoms in total. The second-order valence-electron chi connectivity index (χ2n) is 2.80. The maximum atomic E-state index is 10.7. The molecule has 0 saturated carbocycles. The van der Waals surface area contributed by atoms with Crippen LogP contribution in [-0.2, 0) is 0 Å². The van der Waals surface area contributed by atoms with Gasteiger partial charge in [-0.05, 0) is 6.07 Å². The number of non-ortho nitro benzene ring substituents is 1. The monoisotopic (exact) mass is 276 g/mol. The van der Waals surface area contributed by atoms with Crippen LogP contribution in [0.15, 0.2) is 23.1 Å². The average Bonchev–Trinajstić information content (AvgIpc) is 2.29. The van der Waals surface area contributed by atoms with Crippen molar-refractivity contribution in [2.45, 2.75) is 4.90 Å². The Labute approximate surface area is 104 Å². The number of aliphatic hydroxyl groups excluding tert-OH is 1. The Balaban J connectivity index is 2.96. The first-order valence-corrected chi connectivity index (χ1v) is 6.71. The largest absolute Gasteiger partial charge is 0.395 e. The predicted molar refractivity (Wildman–Crippen MR) is 65.2 cm³/mol. The fourth-order valence-corrected chi connectivity index (χ4v) is 2.88. The molecule has 0 aromatic heterocycles. The van der Waals surface area contributed by atoms with Gasteiger partial charge < -0.3 is 5.11 Å². The summed E-state index contributed by atoms with van der Waals surface area (Å²) in [5.74, 6) is 0.429. The minimum Gasteiger partial charge on any atom is -0.395 e. The second-order valence-corrected chi connectivity index (χ2v) is 5.25. The van der Waals surface area contributed by atoms with Crippen molar-refractivity contribution in [3.05, 3.63) is 38.4 Å². The average molecular weight is 276 g/mol. The van der Waals surface area contributed by atoms with Crippen LogP contribution in [0.4, 0.5) is 11.4 Å². The second kappa shape index (κ2) is 6.42. The van der Waals surface area contributed by atoms with Gasteiger partial charge in [0.25, 0.3) is 11.4 Å². The molecule has 0 heterocycles. The molecule has 0 fully saturated rings.